The maximum absolute atomic E-state index is 12.4. The number of aromatic nitrogens is 4. The Morgan fingerprint density at radius 1 is 1.15 bits per heavy atom. The van der Waals surface area contributed by atoms with E-state index in [0.717, 1.165) is 82.2 Å². The highest BCUT2D eigenvalue weighted by atomic mass is 16.5. The van der Waals surface area contributed by atoms with Gasteiger partial charge in [0.15, 0.2) is 0 Å². The molecule has 1 aliphatic heterocycles. The summed E-state index contributed by atoms with van der Waals surface area (Å²) in [6.07, 6.45) is 9.15. The van der Waals surface area contributed by atoms with E-state index in [0.29, 0.717) is 24.5 Å². The number of morpholine rings is 1. The van der Waals surface area contributed by atoms with Crippen LogP contribution < -0.4 is 10.6 Å². The number of carbonyl (C=O) groups is 1. The van der Waals surface area contributed by atoms with Crippen molar-refractivity contribution >= 4 is 11.9 Å². The lowest BCUT2D eigenvalue weighted by molar-refractivity contribution is -0.122. The molecule has 1 saturated heterocycles. The van der Waals surface area contributed by atoms with Crippen molar-refractivity contribution in [3.8, 4) is 11.4 Å². The number of rotatable bonds is 9. The minimum Gasteiger partial charge on any atom is -0.379 e. The van der Waals surface area contributed by atoms with Crippen LogP contribution in [0.25, 0.3) is 11.4 Å². The minimum absolute atomic E-state index is 0.178. The summed E-state index contributed by atoms with van der Waals surface area (Å²) < 4.78 is 7.57. The molecule has 0 spiro atoms. The largest absolute Gasteiger partial charge is 0.379 e. The Morgan fingerprint density at radius 2 is 1.88 bits per heavy atom. The molecule has 0 unspecified atom stereocenters. The molecule has 0 aromatic carbocycles. The highest BCUT2D eigenvalue weighted by Crippen LogP contribution is 2.25. The summed E-state index contributed by atoms with van der Waals surface area (Å²) in [5.74, 6) is 1.82. The molecule has 1 saturated carbocycles. The molecule has 2 aliphatic rings. The van der Waals surface area contributed by atoms with Crippen molar-refractivity contribution < 1.29 is 9.53 Å². The van der Waals surface area contributed by atoms with E-state index in [4.69, 9.17) is 9.72 Å². The van der Waals surface area contributed by atoms with E-state index in [1.54, 1.807) is 6.20 Å². The van der Waals surface area contributed by atoms with Crippen LogP contribution in [-0.2, 0) is 9.53 Å². The molecule has 186 valence electrons. The lowest BCUT2D eigenvalue weighted by Gasteiger charge is -2.30. The highest BCUT2D eigenvalue weighted by Gasteiger charge is 2.23. The third kappa shape index (κ3) is 6.54. The van der Waals surface area contributed by atoms with Gasteiger partial charge in [0.2, 0.25) is 11.9 Å². The summed E-state index contributed by atoms with van der Waals surface area (Å²) in [7, 11) is 0. The Balaban J connectivity index is 1.21. The number of amides is 1. The third-order valence-corrected chi connectivity index (χ3v) is 6.82. The number of nitrogens with one attached hydrogen (secondary N) is 2. The number of hydrogen-bond donors (Lipinski definition) is 2. The zero-order valence-corrected chi connectivity index (χ0v) is 20.8. The average molecular weight is 470 g/mol. The molecular formula is C25H39N7O2. The Kier molecular flexibility index (Phi) is 8.50. The number of carbonyl (C=O) groups excluding carboxylic acids is 1. The topological polar surface area (TPSA) is 97.2 Å². The van der Waals surface area contributed by atoms with E-state index in [1.165, 1.54) is 0 Å². The van der Waals surface area contributed by atoms with Crippen molar-refractivity contribution in [3.05, 3.63) is 24.3 Å². The smallest absolute Gasteiger partial charge is 0.223 e. The van der Waals surface area contributed by atoms with Gasteiger partial charge in [0, 0.05) is 43.8 Å². The van der Waals surface area contributed by atoms with Crippen LogP contribution in [0.15, 0.2) is 18.5 Å². The second kappa shape index (κ2) is 11.8. The molecule has 34 heavy (non-hydrogen) atoms. The maximum atomic E-state index is 12.4. The Labute approximate surface area is 202 Å². The normalized spacial score (nSPS) is 21.5. The van der Waals surface area contributed by atoms with Crippen LogP contribution in [0.5, 0.6) is 0 Å². The fourth-order valence-electron chi connectivity index (χ4n) is 5.02. The van der Waals surface area contributed by atoms with Gasteiger partial charge in [0.1, 0.15) is 5.82 Å². The molecule has 0 radical (unpaired) electrons. The molecular weight excluding hydrogens is 430 g/mol. The quantitative estimate of drug-likeness (QED) is 0.582. The molecule has 2 N–H and O–H groups in total. The number of aryl methyl sites for hydroxylation is 1. The molecule has 2 aromatic heterocycles. The molecule has 2 aromatic rings. The van der Waals surface area contributed by atoms with Crippen LogP contribution in [0.4, 0.5) is 5.95 Å². The summed E-state index contributed by atoms with van der Waals surface area (Å²) in [5.41, 5.74) is 1.89. The predicted molar refractivity (Wildman–Crippen MR) is 133 cm³/mol. The molecule has 0 atom stereocenters. The van der Waals surface area contributed by atoms with Gasteiger partial charge in [-0.3, -0.25) is 9.69 Å². The van der Waals surface area contributed by atoms with E-state index < -0.39 is 0 Å². The summed E-state index contributed by atoms with van der Waals surface area (Å²) in [6, 6.07) is 2.84. The number of hydrogen-bond acceptors (Lipinski definition) is 7. The van der Waals surface area contributed by atoms with Gasteiger partial charge in [-0.25, -0.2) is 15.0 Å². The first-order valence-electron chi connectivity index (χ1n) is 12.7. The second-order valence-electron chi connectivity index (χ2n) is 9.74. The zero-order chi connectivity index (χ0) is 23.9. The van der Waals surface area contributed by atoms with Crippen molar-refractivity contribution in [3.63, 3.8) is 0 Å². The lowest BCUT2D eigenvalue weighted by Crippen LogP contribution is -2.41. The first kappa shape index (κ1) is 24.6. The van der Waals surface area contributed by atoms with E-state index >= 15 is 0 Å². The van der Waals surface area contributed by atoms with Gasteiger partial charge < -0.3 is 19.9 Å². The molecule has 0 bridgehead atoms. The SMILES string of the molecule is Cc1ncc(-c2ccnc(NC3CCC(NC(=O)CCCN4CCOCC4)CC3)n2)n1C(C)C. The molecule has 1 amide bonds. The van der Waals surface area contributed by atoms with Crippen molar-refractivity contribution in [1.82, 2.24) is 29.7 Å². The van der Waals surface area contributed by atoms with Crippen LogP contribution in [0.2, 0.25) is 0 Å². The van der Waals surface area contributed by atoms with E-state index in [1.807, 2.05) is 19.2 Å². The molecule has 2 fully saturated rings. The predicted octanol–water partition coefficient (Wildman–Crippen LogP) is 3.18. The fraction of sp³-hybridized carbons (Fsp3) is 0.680. The van der Waals surface area contributed by atoms with Gasteiger partial charge in [-0.2, -0.15) is 0 Å². The standard InChI is InChI=1S/C25H39N7O2/c1-18(2)32-19(3)27-17-23(32)22-10-11-26-25(30-22)29-21-8-6-20(7-9-21)28-24(33)5-4-12-31-13-15-34-16-14-31/h10-11,17-18,20-21H,4-9,12-16H2,1-3H3,(H,28,33)(H,26,29,30). The van der Waals surface area contributed by atoms with E-state index in [-0.39, 0.29) is 11.9 Å². The molecule has 1 aliphatic carbocycles. The van der Waals surface area contributed by atoms with E-state index in [2.05, 4.69) is 43.9 Å². The first-order valence-corrected chi connectivity index (χ1v) is 12.7. The summed E-state index contributed by atoms with van der Waals surface area (Å²) in [4.78, 5) is 28.4. The highest BCUT2D eigenvalue weighted by molar-refractivity contribution is 5.76. The fourth-order valence-corrected chi connectivity index (χ4v) is 5.02. The monoisotopic (exact) mass is 469 g/mol. The molecule has 4 rings (SSSR count). The molecule has 3 heterocycles. The van der Waals surface area contributed by atoms with Crippen molar-refractivity contribution in [2.45, 2.75) is 77.4 Å². The minimum atomic E-state index is 0.178. The van der Waals surface area contributed by atoms with Crippen LogP contribution in [0.1, 0.15) is 64.2 Å². The second-order valence-corrected chi connectivity index (χ2v) is 9.74. The van der Waals surface area contributed by atoms with Crippen molar-refractivity contribution in [2.75, 3.05) is 38.2 Å². The van der Waals surface area contributed by atoms with Crippen molar-refractivity contribution in [2.24, 2.45) is 0 Å². The Bertz CT molecular complexity index is 931. The summed E-state index contributed by atoms with van der Waals surface area (Å²) in [5, 5.41) is 6.75. The van der Waals surface area contributed by atoms with Crippen LogP contribution in [-0.4, -0.2) is 75.3 Å². The number of nitrogens with zero attached hydrogens (tertiary/aromatic N) is 5. The zero-order valence-electron chi connectivity index (χ0n) is 20.8. The van der Waals surface area contributed by atoms with Gasteiger partial charge in [0.05, 0.1) is 30.8 Å². The van der Waals surface area contributed by atoms with Crippen LogP contribution in [0.3, 0.4) is 0 Å². The van der Waals surface area contributed by atoms with Gasteiger partial charge in [0.25, 0.3) is 0 Å². The average Bonchev–Trinajstić information content (AvgIpc) is 3.23. The molecule has 9 nitrogen and oxygen atoms in total. The Morgan fingerprint density at radius 3 is 2.62 bits per heavy atom. The summed E-state index contributed by atoms with van der Waals surface area (Å²) in [6.45, 7) is 10.9. The molecule has 9 heteroatoms. The summed E-state index contributed by atoms with van der Waals surface area (Å²) >= 11 is 0. The van der Waals surface area contributed by atoms with E-state index in [9.17, 15) is 4.79 Å². The third-order valence-electron chi connectivity index (χ3n) is 6.82. The maximum Gasteiger partial charge on any atom is 0.223 e. The van der Waals surface area contributed by atoms with Gasteiger partial charge in [-0.1, -0.05) is 0 Å². The van der Waals surface area contributed by atoms with Gasteiger partial charge >= 0.3 is 0 Å². The Hall–Kier alpha value is -2.52. The van der Waals surface area contributed by atoms with Crippen LogP contribution >= 0.6 is 0 Å². The number of anilines is 1. The first-order chi connectivity index (χ1) is 16.5. The van der Waals surface area contributed by atoms with Crippen molar-refractivity contribution in [1.29, 1.82) is 0 Å². The lowest BCUT2D eigenvalue weighted by atomic mass is 9.91. The number of imidazole rings is 1. The number of ether oxygens (including phenoxy) is 1. The van der Waals surface area contributed by atoms with Gasteiger partial charge in [-0.15, -0.1) is 0 Å². The van der Waals surface area contributed by atoms with Crippen LogP contribution in [0, 0.1) is 6.92 Å². The van der Waals surface area contributed by atoms with Gasteiger partial charge in [-0.05, 0) is 65.5 Å².